The first-order valence-electron chi connectivity index (χ1n) is 10.8. The van der Waals surface area contributed by atoms with Gasteiger partial charge in [0.05, 0.1) is 0 Å². The van der Waals surface area contributed by atoms with Crippen molar-refractivity contribution in [3.63, 3.8) is 0 Å². The van der Waals surface area contributed by atoms with E-state index in [1.807, 2.05) is 39.0 Å². The number of allylic oxidation sites excluding steroid dienone is 17. The lowest BCUT2D eigenvalue weighted by Crippen LogP contribution is -2.19. The molecule has 1 aromatic rings. The van der Waals surface area contributed by atoms with Crippen LogP contribution in [0.1, 0.15) is 33.3 Å². The molecule has 2 aliphatic carbocycles. The molecule has 0 saturated heterocycles. The molecule has 0 aliphatic heterocycles. The quantitative estimate of drug-likeness (QED) is 0.439. The van der Waals surface area contributed by atoms with Gasteiger partial charge in [-0.1, -0.05) is 143 Å². The molecular formula is C30H34. The van der Waals surface area contributed by atoms with Gasteiger partial charge in [-0.15, -0.1) is 0 Å². The van der Waals surface area contributed by atoms with Gasteiger partial charge >= 0.3 is 0 Å². The third-order valence-corrected chi connectivity index (χ3v) is 5.28. The van der Waals surface area contributed by atoms with Crippen LogP contribution in [0.25, 0.3) is 5.57 Å². The highest BCUT2D eigenvalue weighted by molar-refractivity contribution is 5.75. The topological polar surface area (TPSA) is 0 Å². The molecule has 0 heterocycles. The molecule has 0 spiro atoms. The highest BCUT2D eigenvalue weighted by Crippen LogP contribution is 2.37. The molecular weight excluding hydrogens is 360 g/mol. The van der Waals surface area contributed by atoms with Crippen LogP contribution in [0.15, 0.2) is 133 Å². The Kier molecular flexibility index (Phi) is 9.09. The van der Waals surface area contributed by atoms with Gasteiger partial charge < -0.3 is 0 Å². The maximum absolute atomic E-state index is 3.97. The lowest BCUT2D eigenvalue weighted by molar-refractivity contribution is 0.463. The van der Waals surface area contributed by atoms with Gasteiger partial charge in [-0.3, -0.25) is 0 Å². The third kappa shape index (κ3) is 5.94. The first-order chi connectivity index (χ1) is 14.7. The van der Waals surface area contributed by atoms with E-state index in [-0.39, 0.29) is 11.3 Å². The van der Waals surface area contributed by atoms with E-state index in [9.17, 15) is 0 Å². The fraction of sp³-hybridized carbons (Fsp3) is 0.200. The van der Waals surface area contributed by atoms with Gasteiger partial charge in [-0.25, -0.2) is 0 Å². The Hall–Kier alpha value is -3.12. The van der Waals surface area contributed by atoms with Crippen LogP contribution in [0.3, 0.4) is 0 Å². The molecule has 0 amide bonds. The van der Waals surface area contributed by atoms with Gasteiger partial charge in [0.1, 0.15) is 0 Å². The summed E-state index contributed by atoms with van der Waals surface area (Å²) in [6, 6.07) is 10.5. The summed E-state index contributed by atoms with van der Waals surface area (Å²) in [6.45, 7) is 12.3. The van der Waals surface area contributed by atoms with Gasteiger partial charge in [0.2, 0.25) is 0 Å². The Bertz CT molecular complexity index is 939. The molecule has 30 heavy (non-hydrogen) atoms. The molecule has 0 saturated carbocycles. The molecule has 2 unspecified atom stereocenters. The fourth-order valence-electron chi connectivity index (χ4n) is 3.48. The van der Waals surface area contributed by atoms with E-state index < -0.39 is 0 Å². The predicted molar refractivity (Wildman–Crippen MR) is 135 cm³/mol. The van der Waals surface area contributed by atoms with Crippen LogP contribution < -0.4 is 0 Å². The fourth-order valence-corrected chi connectivity index (χ4v) is 3.48. The molecule has 2 atom stereocenters. The van der Waals surface area contributed by atoms with Crippen LogP contribution in [0.4, 0.5) is 0 Å². The van der Waals surface area contributed by atoms with E-state index in [1.165, 1.54) is 16.7 Å². The van der Waals surface area contributed by atoms with E-state index >= 15 is 0 Å². The second-order valence-electron chi connectivity index (χ2n) is 7.29. The largest absolute Gasteiger partial charge is 0.0984 e. The Labute approximate surface area is 183 Å². The first-order valence-corrected chi connectivity index (χ1v) is 10.8. The van der Waals surface area contributed by atoms with Gasteiger partial charge in [0.15, 0.2) is 0 Å². The van der Waals surface area contributed by atoms with Crippen LogP contribution in [0, 0.1) is 11.3 Å². The Balaban J connectivity index is 0.00000155. The van der Waals surface area contributed by atoms with Crippen molar-refractivity contribution in [1.82, 2.24) is 0 Å². The van der Waals surface area contributed by atoms with Crippen molar-refractivity contribution in [2.45, 2.75) is 27.7 Å². The van der Waals surface area contributed by atoms with E-state index in [0.29, 0.717) is 0 Å². The second kappa shape index (κ2) is 11.8. The zero-order chi connectivity index (χ0) is 21.8. The molecule has 154 valence electrons. The standard InChI is InChI=1S/C28H28.C2H6/c1-4-6-12-23(5-2)26-16-11-21-28(3,22-20-26)27-17-10-15-25(18-19-27)24-13-8-7-9-14-24;1-2/h4-22,27H,2H2,1,3H3;1-2H3/b6-4-,23-12+;. The zero-order valence-electron chi connectivity index (χ0n) is 18.8. The monoisotopic (exact) mass is 394 g/mol. The van der Waals surface area contributed by atoms with Gasteiger partial charge in [-0.2, -0.15) is 0 Å². The average molecular weight is 395 g/mol. The second-order valence-corrected chi connectivity index (χ2v) is 7.29. The van der Waals surface area contributed by atoms with Crippen molar-refractivity contribution >= 4 is 5.57 Å². The Morgan fingerprint density at radius 3 is 2.43 bits per heavy atom. The summed E-state index contributed by atoms with van der Waals surface area (Å²) in [5.41, 5.74) is 4.71. The molecule has 2 aliphatic rings. The van der Waals surface area contributed by atoms with E-state index in [2.05, 4.69) is 111 Å². The summed E-state index contributed by atoms with van der Waals surface area (Å²) in [5.74, 6) is 0.289. The summed E-state index contributed by atoms with van der Waals surface area (Å²) < 4.78 is 0. The van der Waals surface area contributed by atoms with Crippen molar-refractivity contribution in [2.24, 2.45) is 11.3 Å². The zero-order valence-corrected chi connectivity index (χ0v) is 18.8. The number of rotatable bonds is 5. The summed E-state index contributed by atoms with van der Waals surface area (Å²) in [7, 11) is 0. The van der Waals surface area contributed by atoms with E-state index in [0.717, 1.165) is 5.57 Å². The molecule has 0 N–H and O–H groups in total. The molecule has 0 nitrogen and oxygen atoms in total. The Morgan fingerprint density at radius 2 is 1.73 bits per heavy atom. The van der Waals surface area contributed by atoms with Crippen LogP contribution in [0.5, 0.6) is 0 Å². The molecule has 0 heteroatoms. The highest BCUT2D eigenvalue weighted by Gasteiger charge is 2.26. The highest BCUT2D eigenvalue weighted by atomic mass is 14.3. The predicted octanol–water partition coefficient (Wildman–Crippen LogP) is 8.59. The smallest absolute Gasteiger partial charge is 0.0137 e. The minimum Gasteiger partial charge on any atom is -0.0984 e. The molecule has 0 fully saturated rings. The average Bonchev–Trinajstić information content (AvgIpc) is 3.16. The molecule has 0 radical (unpaired) electrons. The van der Waals surface area contributed by atoms with Gasteiger partial charge in [0, 0.05) is 11.3 Å². The van der Waals surface area contributed by atoms with Gasteiger partial charge in [0.25, 0.3) is 0 Å². The lowest BCUT2D eigenvalue weighted by Gasteiger charge is -2.28. The number of benzene rings is 1. The number of hydrogen-bond donors (Lipinski definition) is 0. The summed E-state index contributed by atoms with van der Waals surface area (Å²) in [4.78, 5) is 0. The SMILES string of the molecule is C=C/C(=C\C=C/C)C1=CC=CC(C)(C2C=CC=C(c3ccccc3)C=C2)C=C1.CC. The molecule has 1 aromatic carbocycles. The first kappa shape index (κ1) is 23.2. The van der Waals surface area contributed by atoms with Crippen LogP contribution >= 0.6 is 0 Å². The maximum Gasteiger partial charge on any atom is 0.0137 e. The minimum atomic E-state index is -0.0852. The van der Waals surface area contributed by atoms with Crippen molar-refractivity contribution in [3.05, 3.63) is 139 Å². The van der Waals surface area contributed by atoms with Crippen LogP contribution in [-0.2, 0) is 0 Å². The van der Waals surface area contributed by atoms with Crippen LogP contribution in [0.2, 0.25) is 0 Å². The third-order valence-electron chi connectivity index (χ3n) is 5.28. The van der Waals surface area contributed by atoms with Crippen molar-refractivity contribution in [2.75, 3.05) is 0 Å². The molecule has 0 bridgehead atoms. The minimum absolute atomic E-state index is 0.0852. The summed E-state index contributed by atoms with van der Waals surface area (Å²) in [6.07, 6.45) is 30.5. The summed E-state index contributed by atoms with van der Waals surface area (Å²) >= 11 is 0. The Morgan fingerprint density at radius 1 is 0.967 bits per heavy atom. The van der Waals surface area contributed by atoms with Crippen molar-refractivity contribution in [1.29, 1.82) is 0 Å². The lowest BCUT2D eigenvalue weighted by atomic mass is 9.76. The van der Waals surface area contributed by atoms with Crippen molar-refractivity contribution in [3.8, 4) is 0 Å². The normalized spacial score (nSPS) is 23.2. The maximum atomic E-state index is 3.97. The van der Waals surface area contributed by atoms with Gasteiger partial charge in [-0.05, 0) is 29.2 Å². The summed E-state index contributed by atoms with van der Waals surface area (Å²) in [5, 5.41) is 0. The molecule has 3 rings (SSSR count). The molecule has 0 aromatic heterocycles. The van der Waals surface area contributed by atoms with Crippen molar-refractivity contribution < 1.29 is 0 Å². The van der Waals surface area contributed by atoms with E-state index in [4.69, 9.17) is 0 Å². The van der Waals surface area contributed by atoms with Crippen LogP contribution in [-0.4, -0.2) is 0 Å². The van der Waals surface area contributed by atoms with E-state index in [1.54, 1.807) is 0 Å². The number of hydrogen-bond acceptors (Lipinski definition) is 0.